The molecule has 3 rings (SSSR count). The number of carbonyl (C=O) groups excluding carboxylic acids is 1. The van der Waals surface area contributed by atoms with Crippen molar-refractivity contribution >= 4 is 11.6 Å². The maximum absolute atomic E-state index is 13.8. The Balaban J connectivity index is 1.82. The van der Waals surface area contributed by atoms with Gasteiger partial charge in [0.2, 0.25) is 0 Å². The topological polar surface area (TPSA) is 52.9 Å². The Bertz CT molecular complexity index is 762. The number of fused-ring (bicyclic) bond motifs is 1. The summed E-state index contributed by atoms with van der Waals surface area (Å²) in [4.78, 5) is 12.2. The van der Waals surface area contributed by atoms with Gasteiger partial charge in [-0.25, -0.2) is 4.39 Å². The molecule has 0 saturated carbocycles. The van der Waals surface area contributed by atoms with E-state index in [1.807, 2.05) is 18.2 Å². The fraction of sp³-hybridized carbons (Fsp3) is 0.176. The Kier molecular flexibility index (Phi) is 3.41. The largest absolute Gasteiger partial charge is 0.319 e. The highest BCUT2D eigenvalue weighted by molar-refractivity contribution is 6.04. The summed E-state index contributed by atoms with van der Waals surface area (Å²) in [6, 6.07) is 11.4. The van der Waals surface area contributed by atoms with Crippen LogP contribution in [0.2, 0.25) is 0 Å². The second-order valence-electron chi connectivity index (χ2n) is 5.10. The number of nitrogens with one attached hydrogen (secondary N) is 1. The highest BCUT2D eigenvalue weighted by Crippen LogP contribution is 2.23. The van der Waals surface area contributed by atoms with Gasteiger partial charge in [-0.3, -0.25) is 4.79 Å². The fourth-order valence-corrected chi connectivity index (χ4v) is 2.59. The Hall–Kier alpha value is -2.67. The highest BCUT2D eigenvalue weighted by atomic mass is 19.1. The number of halogens is 1. The van der Waals surface area contributed by atoms with Gasteiger partial charge in [-0.05, 0) is 60.7 Å². The van der Waals surface area contributed by atoms with Gasteiger partial charge in [0, 0.05) is 5.56 Å². The Morgan fingerprint density at radius 1 is 1.14 bits per heavy atom. The number of benzene rings is 2. The van der Waals surface area contributed by atoms with Gasteiger partial charge in [0.25, 0.3) is 5.91 Å². The number of hydrogen-bond acceptors (Lipinski definition) is 2. The van der Waals surface area contributed by atoms with Crippen molar-refractivity contribution in [3.8, 4) is 6.07 Å². The predicted molar refractivity (Wildman–Crippen MR) is 77.5 cm³/mol. The van der Waals surface area contributed by atoms with E-state index in [4.69, 9.17) is 5.26 Å². The normalized spacial score (nSPS) is 12.6. The molecule has 0 saturated heterocycles. The molecule has 21 heavy (non-hydrogen) atoms. The quantitative estimate of drug-likeness (QED) is 0.916. The maximum atomic E-state index is 13.8. The van der Waals surface area contributed by atoms with E-state index in [1.54, 1.807) is 6.07 Å². The van der Waals surface area contributed by atoms with Gasteiger partial charge >= 0.3 is 0 Å². The zero-order valence-electron chi connectivity index (χ0n) is 11.3. The standard InChI is InChI=1S/C17H13FN2O/c18-15-8-11(10-19)4-7-16(15)20-17(21)14-6-5-12-2-1-3-13(12)9-14/h4-9H,1-3H2,(H,20,21). The molecule has 4 heteroatoms. The number of aryl methyl sites for hydroxylation is 2. The van der Waals surface area contributed by atoms with E-state index in [2.05, 4.69) is 5.32 Å². The predicted octanol–water partition coefficient (Wildman–Crippen LogP) is 3.44. The number of anilines is 1. The molecule has 0 spiro atoms. The lowest BCUT2D eigenvalue weighted by Gasteiger charge is -2.08. The van der Waals surface area contributed by atoms with Crippen molar-refractivity contribution in [2.45, 2.75) is 19.3 Å². The highest BCUT2D eigenvalue weighted by Gasteiger charge is 2.15. The summed E-state index contributed by atoms with van der Waals surface area (Å²) in [5.74, 6) is -0.947. The van der Waals surface area contributed by atoms with Crippen LogP contribution in [0.3, 0.4) is 0 Å². The Morgan fingerprint density at radius 3 is 2.71 bits per heavy atom. The number of rotatable bonds is 2. The molecule has 1 amide bonds. The van der Waals surface area contributed by atoms with Gasteiger partial charge in [0.15, 0.2) is 0 Å². The molecule has 1 aliphatic carbocycles. The van der Waals surface area contributed by atoms with Crippen LogP contribution in [0.15, 0.2) is 36.4 Å². The van der Waals surface area contributed by atoms with Crippen molar-refractivity contribution in [3.05, 3.63) is 64.5 Å². The summed E-state index contributed by atoms with van der Waals surface area (Å²) in [7, 11) is 0. The van der Waals surface area contributed by atoms with Crippen LogP contribution in [-0.2, 0) is 12.8 Å². The number of hydrogen-bond donors (Lipinski definition) is 1. The molecule has 0 radical (unpaired) electrons. The number of amides is 1. The summed E-state index contributed by atoms with van der Waals surface area (Å²) < 4.78 is 13.8. The van der Waals surface area contributed by atoms with Crippen molar-refractivity contribution in [1.29, 1.82) is 5.26 Å². The first-order chi connectivity index (χ1) is 10.2. The molecular weight excluding hydrogens is 267 g/mol. The third-order valence-corrected chi connectivity index (χ3v) is 3.71. The second-order valence-corrected chi connectivity index (χ2v) is 5.10. The number of carbonyl (C=O) groups is 1. The van der Waals surface area contributed by atoms with Crippen molar-refractivity contribution < 1.29 is 9.18 Å². The zero-order valence-corrected chi connectivity index (χ0v) is 11.3. The van der Waals surface area contributed by atoms with Gasteiger partial charge in [-0.1, -0.05) is 6.07 Å². The first-order valence-electron chi connectivity index (χ1n) is 6.80. The minimum atomic E-state index is -0.608. The summed E-state index contributed by atoms with van der Waals surface area (Å²) in [6.45, 7) is 0. The monoisotopic (exact) mass is 280 g/mol. The molecular formula is C17H13FN2O. The van der Waals surface area contributed by atoms with Crippen LogP contribution in [0.4, 0.5) is 10.1 Å². The molecule has 0 fully saturated rings. The van der Waals surface area contributed by atoms with Crippen molar-refractivity contribution in [2.75, 3.05) is 5.32 Å². The minimum Gasteiger partial charge on any atom is -0.319 e. The van der Waals surface area contributed by atoms with Gasteiger partial charge < -0.3 is 5.32 Å². The first-order valence-corrected chi connectivity index (χ1v) is 6.80. The minimum absolute atomic E-state index is 0.0829. The van der Waals surface area contributed by atoms with Crippen LogP contribution in [0.1, 0.15) is 33.5 Å². The Labute approximate surface area is 122 Å². The van der Waals surface area contributed by atoms with E-state index in [0.717, 1.165) is 25.3 Å². The molecule has 2 aromatic rings. The smallest absolute Gasteiger partial charge is 0.255 e. The summed E-state index contributed by atoms with van der Waals surface area (Å²) in [5.41, 5.74) is 3.32. The van der Waals surface area contributed by atoms with E-state index < -0.39 is 5.82 Å². The summed E-state index contributed by atoms with van der Waals surface area (Å²) >= 11 is 0. The molecule has 0 unspecified atom stereocenters. The third-order valence-electron chi connectivity index (χ3n) is 3.71. The van der Waals surface area contributed by atoms with Crippen LogP contribution in [0.25, 0.3) is 0 Å². The summed E-state index contributed by atoms with van der Waals surface area (Å²) in [6.07, 6.45) is 3.16. The van der Waals surface area contributed by atoms with Crippen molar-refractivity contribution in [2.24, 2.45) is 0 Å². The molecule has 104 valence electrons. The molecule has 0 bridgehead atoms. The van der Waals surface area contributed by atoms with Crippen LogP contribution in [-0.4, -0.2) is 5.91 Å². The van der Waals surface area contributed by atoms with Gasteiger partial charge in [-0.2, -0.15) is 5.26 Å². The number of nitrogens with zero attached hydrogens (tertiary/aromatic N) is 1. The van der Waals surface area contributed by atoms with Crippen LogP contribution < -0.4 is 5.32 Å². The van der Waals surface area contributed by atoms with E-state index >= 15 is 0 Å². The van der Waals surface area contributed by atoms with E-state index in [-0.39, 0.29) is 17.2 Å². The van der Waals surface area contributed by atoms with E-state index in [9.17, 15) is 9.18 Å². The third kappa shape index (κ3) is 2.63. The summed E-state index contributed by atoms with van der Waals surface area (Å²) in [5, 5.41) is 11.2. The lowest BCUT2D eigenvalue weighted by molar-refractivity contribution is 0.102. The molecule has 2 aromatic carbocycles. The second kappa shape index (κ2) is 5.37. The van der Waals surface area contributed by atoms with E-state index in [0.29, 0.717) is 5.56 Å². The van der Waals surface area contributed by atoms with Crippen LogP contribution in [0, 0.1) is 17.1 Å². The average molecular weight is 280 g/mol. The lowest BCUT2D eigenvalue weighted by atomic mass is 10.1. The molecule has 1 N–H and O–H groups in total. The van der Waals surface area contributed by atoms with Gasteiger partial charge in [0.1, 0.15) is 5.82 Å². The van der Waals surface area contributed by atoms with Crippen molar-refractivity contribution in [3.63, 3.8) is 0 Å². The first kappa shape index (κ1) is 13.3. The lowest BCUT2D eigenvalue weighted by Crippen LogP contribution is -2.13. The molecule has 0 aromatic heterocycles. The van der Waals surface area contributed by atoms with Crippen LogP contribution in [0.5, 0.6) is 0 Å². The number of nitriles is 1. The van der Waals surface area contributed by atoms with E-state index in [1.165, 1.54) is 23.3 Å². The van der Waals surface area contributed by atoms with Crippen LogP contribution >= 0.6 is 0 Å². The Morgan fingerprint density at radius 2 is 1.95 bits per heavy atom. The molecule has 0 atom stereocenters. The average Bonchev–Trinajstić information content (AvgIpc) is 2.96. The molecule has 1 aliphatic rings. The maximum Gasteiger partial charge on any atom is 0.255 e. The molecule has 0 aliphatic heterocycles. The SMILES string of the molecule is N#Cc1ccc(NC(=O)c2ccc3c(c2)CCC3)c(F)c1. The fourth-order valence-electron chi connectivity index (χ4n) is 2.59. The zero-order chi connectivity index (χ0) is 14.8. The van der Waals surface area contributed by atoms with Crippen molar-refractivity contribution in [1.82, 2.24) is 0 Å². The van der Waals surface area contributed by atoms with Gasteiger partial charge in [0.05, 0.1) is 17.3 Å². The molecule has 0 heterocycles. The van der Waals surface area contributed by atoms with Gasteiger partial charge in [-0.15, -0.1) is 0 Å². The molecule has 3 nitrogen and oxygen atoms in total.